The van der Waals surface area contributed by atoms with E-state index >= 15 is 0 Å². The average molecular weight is 487 g/mol. The van der Waals surface area contributed by atoms with Crippen molar-refractivity contribution >= 4 is 29.2 Å². The van der Waals surface area contributed by atoms with Gasteiger partial charge in [0.05, 0.1) is 25.3 Å². The van der Waals surface area contributed by atoms with E-state index in [-0.39, 0.29) is 24.4 Å². The van der Waals surface area contributed by atoms with Crippen molar-refractivity contribution in [1.82, 2.24) is 10.1 Å². The van der Waals surface area contributed by atoms with Gasteiger partial charge in [-0.25, -0.2) is 9.18 Å². The van der Waals surface area contributed by atoms with E-state index in [4.69, 9.17) is 20.9 Å². The molecule has 1 aliphatic heterocycles. The highest BCUT2D eigenvalue weighted by atomic mass is 35.5. The van der Waals surface area contributed by atoms with Gasteiger partial charge in [0.1, 0.15) is 11.5 Å². The van der Waals surface area contributed by atoms with Crippen molar-refractivity contribution in [3.05, 3.63) is 64.9 Å². The molecule has 0 radical (unpaired) electrons. The van der Waals surface area contributed by atoms with E-state index in [1.807, 2.05) is 13.8 Å². The summed E-state index contributed by atoms with van der Waals surface area (Å²) in [7, 11) is 0. The van der Waals surface area contributed by atoms with Crippen molar-refractivity contribution in [2.45, 2.75) is 32.9 Å². The predicted octanol–water partition coefficient (Wildman–Crippen LogP) is 5.80. The van der Waals surface area contributed by atoms with Crippen LogP contribution < -0.4 is 10.2 Å². The number of rotatable bonds is 7. The molecule has 0 bridgehead atoms. The number of amides is 2. The summed E-state index contributed by atoms with van der Waals surface area (Å²) < 4.78 is 24.9. The van der Waals surface area contributed by atoms with Crippen LogP contribution in [0.5, 0.6) is 0 Å². The van der Waals surface area contributed by atoms with Gasteiger partial charge in [0, 0.05) is 35.4 Å². The Balaban J connectivity index is 1.69. The quantitative estimate of drug-likeness (QED) is 0.456. The number of aromatic nitrogens is 1. The first kappa shape index (κ1) is 24.0. The fraction of sp³-hybridized carbons (Fsp3) is 0.360. The SMILES string of the molecule is CC[C@H](C)N(Cc1c(-c2ccc(F)cc2)noc1N1CCOCC1)C(=O)Nc1cccc(Cl)c1. The summed E-state index contributed by atoms with van der Waals surface area (Å²) in [5, 5.41) is 7.81. The van der Waals surface area contributed by atoms with Gasteiger partial charge in [0.15, 0.2) is 0 Å². The van der Waals surface area contributed by atoms with E-state index in [1.54, 1.807) is 41.3 Å². The number of halogens is 2. The molecule has 7 nitrogen and oxygen atoms in total. The molecule has 2 aromatic carbocycles. The fourth-order valence-corrected chi connectivity index (χ4v) is 4.06. The van der Waals surface area contributed by atoms with Crippen molar-refractivity contribution in [3.63, 3.8) is 0 Å². The zero-order valence-electron chi connectivity index (χ0n) is 19.3. The van der Waals surface area contributed by atoms with Crippen molar-refractivity contribution in [3.8, 4) is 11.3 Å². The Morgan fingerprint density at radius 2 is 1.97 bits per heavy atom. The van der Waals surface area contributed by atoms with Gasteiger partial charge in [-0.3, -0.25) is 0 Å². The largest absolute Gasteiger partial charge is 0.378 e. The molecule has 4 rings (SSSR count). The van der Waals surface area contributed by atoms with Crippen LogP contribution in [0, 0.1) is 5.82 Å². The number of hydrogen-bond donors (Lipinski definition) is 1. The summed E-state index contributed by atoms with van der Waals surface area (Å²) in [5.74, 6) is 0.274. The monoisotopic (exact) mass is 486 g/mol. The Kier molecular flexibility index (Phi) is 7.70. The number of morpholine rings is 1. The molecular formula is C25H28ClFN4O3. The van der Waals surface area contributed by atoms with E-state index in [9.17, 15) is 9.18 Å². The van der Waals surface area contributed by atoms with Gasteiger partial charge < -0.3 is 24.4 Å². The van der Waals surface area contributed by atoms with Crippen molar-refractivity contribution in [2.75, 3.05) is 36.5 Å². The maximum absolute atomic E-state index is 13.6. The van der Waals surface area contributed by atoms with E-state index in [0.717, 1.165) is 17.5 Å². The van der Waals surface area contributed by atoms with Gasteiger partial charge in [-0.1, -0.05) is 29.7 Å². The molecule has 0 unspecified atom stereocenters. The summed E-state index contributed by atoms with van der Waals surface area (Å²) in [6.07, 6.45) is 0.757. The fourth-order valence-electron chi connectivity index (χ4n) is 3.87. The van der Waals surface area contributed by atoms with E-state index in [1.165, 1.54) is 12.1 Å². The normalized spacial score (nSPS) is 14.6. The maximum atomic E-state index is 13.6. The van der Waals surface area contributed by atoms with E-state index in [0.29, 0.717) is 48.6 Å². The zero-order chi connectivity index (χ0) is 24.1. The first-order valence-electron chi connectivity index (χ1n) is 11.4. The highest BCUT2D eigenvalue weighted by Crippen LogP contribution is 2.34. The molecule has 1 atom stereocenters. The van der Waals surface area contributed by atoms with Crippen LogP contribution in [0.15, 0.2) is 53.1 Å². The van der Waals surface area contributed by atoms with Crippen LogP contribution in [0.25, 0.3) is 11.3 Å². The Labute approximate surface area is 203 Å². The van der Waals surface area contributed by atoms with Crippen LogP contribution in [-0.2, 0) is 11.3 Å². The molecule has 0 saturated carbocycles. The number of nitrogens with one attached hydrogen (secondary N) is 1. The third-order valence-electron chi connectivity index (χ3n) is 5.97. The summed E-state index contributed by atoms with van der Waals surface area (Å²) in [6, 6.07) is 12.8. The first-order valence-corrected chi connectivity index (χ1v) is 11.7. The molecule has 1 fully saturated rings. The number of anilines is 2. The maximum Gasteiger partial charge on any atom is 0.322 e. The average Bonchev–Trinajstić information content (AvgIpc) is 3.26. The van der Waals surface area contributed by atoms with Crippen molar-refractivity contribution in [1.29, 1.82) is 0 Å². The van der Waals surface area contributed by atoms with Gasteiger partial charge in [-0.2, -0.15) is 0 Å². The number of hydrogen-bond acceptors (Lipinski definition) is 5. The molecular weight excluding hydrogens is 459 g/mol. The van der Waals surface area contributed by atoms with Crippen LogP contribution in [0.2, 0.25) is 5.02 Å². The lowest BCUT2D eigenvalue weighted by atomic mass is 10.1. The lowest BCUT2D eigenvalue weighted by molar-refractivity contribution is 0.119. The number of benzene rings is 2. The van der Waals surface area contributed by atoms with Gasteiger partial charge >= 0.3 is 6.03 Å². The minimum atomic E-state index is -0.329. The number of carbonyl (C=O) groups excluding carboxylic acids is 1. The third-order valence-corrected chi connectivity index (χ3v) is 6.21. The second-order valence-corrected chi connectivity index (χ2v) is 8.68. The molecule has 9 heteroatoms. The Hall–Kier alpha value is -3.10. The van der Waals surface area contributed by atoms with Crippen LogP contribution >= 0.6 is 11.6 Å². The van der Waals surface area contributed by atoms with Crippen molar-refractivity contribution in [2.24, 2.45) is 0 Å². The summed E-state index contributed by atoms with van der Waals surface area (Å²) in [4.78, 5) is 17.2. The number of carbonyl (C=O) groups is 1. The molecule has 34 heavy (non-hydrogen) atoms. The minimum absolute atomic E-state index is 0.0623. The molecule has 1 aliphatic rings. The van der Waals surface area contributed by atoms with Crippen LogP contribution in [0.4, 0.5) is 20.8 Å². The molecule has 1 N–H and O–H groups in total. The lowest BCUT2D eigenvalue weighted by Gasteiger charge is -2.31. The number of nitrogens with zero attached hydrogens (tertiary/aromatic N) is 3. The van der Waals surface area contributed by atoms with E-state index < -0.39 is 0 Å². The predicted molar refractivity (Wildman–Crippen MR) is 131 cm³/mol. The van der Waals surface area contributed by atoms with Crippen LogP contribution in [0.1, 0.15) is 25.8 Å². The molecule has 2 heterocycles. The lowest BCUT2D eigenvalue weighted by Crippen LogP contribution is -2.41. The summed E-state index contributed by atoms with van der Waals surface area (Å²) in [5.41, 5.74) is 2.70. The minimum Gasteiger partial charge on any atom is -0.378 e. The molecule has 0 aliphatic carbocycles. The third kappa shape index (κ3) is 5.51. The molecule has 2 amide bonds. The number of ether oxygens (including phenoxy) is 1. The first-order chi connectivity index (χ1) is 16.5. The second-order valence-electron chi connectivity index (χ2n) is 8.25. The van der Waals surface area contributed by atoms with E-state index in [2.05, 4.69) is 15.4 Å². The summed E-state index contributed by atoms with van der Waals surface area (Å²) >= 11 is 6.09. The van der Waals surface area contributed by atoms with Gasteiger partial charge in [0.25, 0.3) is 0 Å². The number of urea groups is 1. The van der Waals surface area contributed by atoms with Gasteiger partial charge in [0.2, 0.25) is 5.88 Å². The van der Waals surface area contributed by atoms with Crippen LogP contribution in [-0.4, -0.2) is 48.4 Å². The molecule has 3 aromatic rings. The molecule has 0 spiro atoms. The molecule has 1 aromatic heterocycles. The van der Waals surface area contributed by atoms with Gasteiger partial charge in [-0.05, 0) is 55.8 Å². The zero-order valence-corrected chi connectivity index (χ0v) is 20.0. The second kappa shape index (κ2) is 10.9. The molecule has 180 valence electrons. The highest BCUT2D eigenvalue weighted by molar-refractivity contribution is 6.30. The van der Waals surface area contributed by atoms with Gasteiger partial charge in [-0.15, -0.1) is 0 Å². The summed E-state index contributed by atoms with van der Waals surface area (Å²) in [6.45, 7) is 6.77. The Bertz CT molecular complexity index is 1120. The topological polar surface area (TPSA) is 70.8 Å². The Morgan fingerprint density at radius 3 is 2.65 bits per heavy atom. The van der Waals surface area contributed by atoms with Crippen molar-refractivity contribution < 1.29 is 18.4 Å². The standard InChI is InChI=1S/C25H28ClFN4O3/c1-3-17(2)31(25(32)28-21-6-4-5-19(26)15-21)16-22-23(18-7-9-20(27)10-8-18)29-34-24(22)30-11-13-33-14-12-30/h4-10,15,17H,3,11-14,16H2,1-2H3,(H,28,32)/t17-/m0/s1. The smallest absolute Gasteiger partial charge is 0.322 e. The van der Waals surface area contributed by atoms with Crippen LogP contribution in [0.3, 0.4) is 0 Å². The molecule has 1 saturated heterocycles. The highest BCUT2D eigenvalue weighted by Gasteiger charge is 2.29. The Morgan fingerprint density at radius 1 is 1.24 bits per heavy atom.